The fourth-order valence-corrected chi connectivity index (χ4v) is 4.77. The second-order valence-corrected chi connectivity index (χ2v) is 10.5. The number of carbonyl (C=O) groups excluding carboxylic acids is 3. The first-order valence-electron chi connectivity index (χ1n) is 11.7. The maximum absolute atomic E-state index is 13.2. The fraction of sp³-hybridized carbons (Fsp3) is 0.520. The zero-order valence-corrected chi connectivity index (χ0v) is 21.6. The number of rotatable bonds is 7. The molecule has 9 nitrogen and oxygen atoms in total. The van der Waals surface area contributed by atoms with Gasteiger partial charge in [0.05, 0.1) is 22.2 Å². The summed E-state index contributed by atoms with van der Waals surface area (Å²) >= 11 is 1.58. The molecule has 0 aliphatic carbocycles. The molecule has 3 rings (SSSR count). The number of benzene rings is 1. The molecule has 2 heterocycles. The number of carbonyl (C=O) groups is 3. The van der Waals surface area contributed by atoms with Crippen LogP contribution in [0.15, 0.2) is 29.8 Å². The number of hydrogen-bond donors (Lipinski definition) is 3. The van der Waals surface area contributed by atoms with Gasteiger partial charge in [-0.2, -0.15) is 0 Å². The molecule has 1 aromatic carbocycles. The number of likely N-dealkylation sites (tertiary alicyclic amines) is 1. The average Bonchev–Trinajstić information content (AvgIpc) is 3.40. The van der Waals surface area contributed by atoms with Crippen LogP contribution in [0.25, 0.3) is 10.4 Å². The Morgan fingerprint density at radius 2 is 1.94 bits per heavy atom. The second kappa shape index (κ2) is 11.2. The van der Waals surface area contributed by atoms with Gasteiger partial charge in [0.15, 0.2) is 0 Å². The third-order valence-corrected chi connectivity index (χ3v) is 6.67. The Kier molecular flexibility index (Phi) is 8.50. The molecule has 0 spiro atoms. The van der Waals surface area contributed by atoms with E-state index < -0.39 is 35.8 Å². The number of β-amino-alcohol motifs (C(OH)–C–C–N with tert-alkyl or cyclic N) is 1. The number of aryl methyl sites for hydroxylation is 1. The minimum Gasteiger partial charge on any atom is -0.444 e. The van der Waals surface area contributed by atoms with Gasteiger partial charge in [0.25, 0.3) is 0 Å². The third kappa shape index (κ3) is 7.02. The fourth-order valence-electron chi connectivity index (χ4n) is 3.95. The number of amides is 3. The van der Waals surface area contributed by atoms with E-state index in [4.69, 9.17) is 4.74 Å². The standard InChI is InChI=1S/C25H34N4O5S/c1-6-19(28-24(33)34-25(3,4)5)23(32)29-13-18(30)11-20(29)22(31)26-12-16-7-9-17(10-8-16)21-15(2)27-14-35-21/h7-10,14,18-20,30H,6,11-13H2,1-5H3,(H,26,31)(H,28,33). The van der Waals surface area contributed by atoms with Crippen LogP contribution in [-0.2, 0) is 20.9 Å². The van der Waals surface area contributed by atoms with E-state index in [1.807, 2.05) is 36.7 Å². The van der Waals surface area contributed by atoms with Gasteiger partial charge in [-0.25, -0.2) is 9.78 Å². The van der Waals surface area contributed by atoms with Crippen LogP contribution in [0.5, 0.6) is 0 Å². The maximum Gasteiger partial charge on any atom is 0.408 e. The van der Waals surface area contributed by atoms with E-state index in [1.54, 1.807) is 39.0 Å². The maximum atomic E-state index is 13.2. The van der Waals surface area contributed by atoms with Crippen LogP contribution in [0, 0.1) is 6.92 Å². The summed E-state index contributed by atoms with van der Waals surface area (Å²) in [7, 11) is 0. The van der Waals surface area contributed by atoms with Crippen molar-refractivity contribution < 1.29 is 24.2 Å². The zero-order chi connectivity index (χ0) is 25.8. The molecule has 1 aromatic heterocycles. The first-order valence-corrected chi connectivity index (χ1v) is 12.6. The van der Waals surface area contributed by atoms with Crippen molar-refractivity contribution in [2.45, 2.75) is 77.8 Å². The molecule has 10 heteroatoms. The minimum atomic E-state index is -0.854. The van der Waals surface area contributed by atoms with E-state index in [0.717, 1.165) is 21.7 Å². The van der Waals surface area contributed by atoms with E-state index in [1.165, 1.54) is 4.90 Å². The molecule has 3 atom stereocenters. The summed E-state index contributed by atoms with van der Waals surface area (Å²) in [5.74, 6) is -0.760. The van der Waals surface area contributed by atoms with Gasteiger partial charge >= 0.3 is 6.09 Å². The number of aliphatic hydroxyl groups excluding tert-OH is 1. The summed E-state index contributed by atoms with van der Waals surface area (Å²) in [6.07, 6.45) is -1.04. The van der Waals surface area contributed by atoms with Crippen molar-refractivity contribution in [3.63, 3.8) is 0 Å². The predicted octanol–water partition coefficient (Wildman–Crippen LogP) is 3.00. The van der Waals surface area contributed by atoms with E-state index >= 15 is 0 Å². The van der Waals surface area contributed by atoms with Crippen LogP contribution in [0.4, 0.5) is 4.79 Å². The molecular formula is C25H34N4O5S. The van der Waals surface area contributed by atoms with Gasteiger partial charge in [-0.15, -0.1) is 11.3 Å². The number of aromatic nitrogens is 1. The van der Waals surface area contributed by atoms with Gasteiger partial charge in [-0.3, -0.25) is 9.59 Å². The van der Waals surface area contributed by atoms with Crippen molar-refractivity contribution in [2.24, 2.45) is 0 Å². The van der Waals surface area contributed by atoms with Crippen LogP contribution in [0.3, 0.4) is 0 Å². The Bertz CT molecular complexity index is 1050. The Morgan fingerprint density at radius 1 is 1.26 bits per heavy atom. The lowest BCUT2D eigenvalue weighted by Gasteiger charge is -2.29. The molecule has 3 N–H and O–H groups in total. The summed E-state index contributed by atoms with van der Waals surface area (Å²) in [5.41, 5.74) is 4.08. The second-order valence-electron chi connectivity index (χ2n) is 9.68. The molecule has 0 bridgehead atoms. The molecule has 2 aromatic rings. The molecule has 1 aliphatic heterocycles. The van der Waals surface area contributed by atoms with Crippen molar-refractivity contribution in [2.75, 3.05) is 6.54 Å². The summed E-state index contributed by atoms with van der Waals surface area (Å²) in [6, 6.07) is 6.20. The summed E-state index contributed by atoms with van der Waals surface area (Å²) in [5, 5.41) is 15.7. The highest BCUT2D eigenvalue weighted by atomic mass is 32.1. The molecule has 3 unspecified atom stereocenters. The molecule has 0 radical (unpaired) electrons. The highest BCUT2D eigenvalue weighted by Gasteiger charge is 2.41. The number of nitrogens with zero attached hydrogens (tertiary/aromatic N) is 2. The minimum absolute atomic E-state index is 0.0340. The lowest BCUT2D eigenvalue weighted by Crippen LogP contribution is -2.53. The summed E-state index contributed by atoms with van der Waals surface area (Å²) in [4.78, 5) is 45.0. The van der Waals surface area contributed by atoms with Gasteiger partial charge in [-0.05, 0) is 45.2 Å². The quantitative estimate of drug-likeness (QED) is 0.535. The van der Waals surface area contributed by atoms with Crippen LogP contribution in [0.1, 0.15) is 51.8 Å². The molecule has 190 valence electrons. The van der Waals surface area contributed by atoms with Crippen molar-refractivity contribution in [3.8, 4) is 10.4 Å². The van der Waals surface area contributed by atoms with E-state index in [0.29, 0.717) is 13.0 Å². The largest absolute Gasteiger partial charge is 0.444 e. The highest BCUT2D eigenvalue weighted by Crippen LogP contribution is 2.27. The van der Waals surface area contributed by atoms with Crippen molar-refractivity contribution in [1.82, 2.24) is 20.5 Å². The molecule has 1 fully saturated rings. The van der Waals surface area contributed by atoms with E-state index in [2.05, 4.69) is 15.6 Å². The molecule has 35 heavy (non-hydrogen) atoms. The summed E-state index contributed by atoms with van der Waals surface area (Å²) < 4.78 is 5.25. The molecular weight excluding hydrogens is 468 g/mol. The lowest BCUT2D eigenvalue weighted by molar-refractivity contribution is -0.140. The molecule has 3 amide bonds. The smallest absolute Gasteiger partial charge is 0.408 e. The Hall–Kier alpha value is -2.98. The summed E-state index contributed by atoms with van der Waals surface area (Å²) in [6.45, 7) is 9.27. The number of hydrogen-bond acceptors (Lipinski definition) is 7. The van der Waals surface area contributed by atoms with Crippen molar-refractivity contribution in [3.05, 3.63) is 41.0 Å². The topological polar surface area (TPSA) is 121 Å². The normalized spacial score (nSPS) is 18.7. The third-order valence-electron chi connectivity index (χ3n) is 5.69. The predicted molar refractivity (Wildman–Crippen MR) is 134 cm³/mol. The van der Waals surface area contributed by atoms with Crippen LogP contribution in [0.2, 0.25) is 0 Å². The van der Waals surface area contributed by atoms with Gasteiger partial charge < -0.3 is 25.4 Å². The van der Waals surface area contributed by atoms with E-state index in [9.17, 15) is 19.5 Å². The molecule has 1 aliphatic rings. The van der Waals surface area contributed by atoms with Gasteiger partial charge in [0.1, 0.15) is 17.7 Å². The SMILES string of the molecule is CCC(NC(=O)OC(C)(C)C)C(=O)N1CC(O)CC1C(=O)NCc1ccc(-c2scnc2C)cc1. The number of nitrogens with one attached hydrogen (secondary N) is 2. The number of ether oxygens (including phenoxy) is 1. The lowest BCUT2D eigenvalue weighted by atomic mass is 10.1. The zero-order valence-electron chi connectivity index (χ0n) is 20.8. The first-order chi connectivity index (χ1) is 16.5. The monoisotopic (exact) mass is 502 g/mol. The van der Waals surface area contributed by atoms with Crippen LogP contribution >= 0.6 is 11.3 Å². The van der Waals surface area contributed by atoms with Crippen molar-refractivity contribution in [1.29, 1.82) is 0 Å². The molecule has 0 saturated carbocycles. The number of thiazole rings is 1. The van der Waals surface area contributed by atoms with Gasteiger partial charge in [-0.1, -0.05) is 31.2 Å². The average molecular weight is 503 g/mol. The van der Waals surface area contributed by atoms with Crippen LogP contribution in [-0.4, -0.2) is 63.2 Å². The van der Waals surface area contributed by atoms with Crippen LogP contribution < -0.4 is 10.6 Å². The van der Waals surface area contributed by atoms with E-state index in [-0.39, 0.29) is 18.9 Å². The van der Waals surface area contributed by atoms with Crippen molar-refractivity contribution >= 4 is 29.2 Å². The molecule has 1 saturated heterocycles. The van der Waals surface area contributed by atoms with Gasteiger partial charge in [0.2, 0.25) is 11.8 Å². The Balaban J connectivity index is 1.61. The van der Waals surface area contributed by atoms with Gasteiger partial charge in [0, 0.05) is 19.5 Å². The Morgan fingerprint density at radius 3 is 2.51 bits per heavy atom. The Labute approximate surface area is 209 Å². The first kappa shape index (κ1) is 26.6. The number of alkyl carbamates (subject to hydrolysis) is 1. The number of aliphatic hydroxyl groups is 1. The highest BCUT2D eigenvalue weighted by molar-refractivity contribution is 7.13.